The van der Waals surface area contributed by atoms with Crippen LogP contribution in [0.5, 0.6) is 11.5 Å². The number of ether oxygens (including phenoxy) is 2. The SMILES string of the molecule is Cc1ccccc1NC(=O)Cc1nc(-c2ccc3c(c2)OCO3)oc1C. The zero-order valence-electron chi connectivity index (χ0n) is 14.5. The van der Waals surface area contributed by atoms with Crippen LogP contribution in [0, 0.1) is 13.8 Å². The van der Waals surface area contributed by atoms with Gasteiger partial charge in [-0.05, 0) is 43.7 Å². The third-order valence-electron chi connectivity index (χ3n) is 4.26. The van der Waals surface area contributed by atoms with E-state index in [0.717, 1.165) is 16.8 Å². The maximum Gasteiger partial charge on any atom is 0.231 e. The van der Waals surface area contributed by atoms with Gasteiger partial charge in [0.25, 0.3) is 0 Å². The van der Waals surface area contributed by atoms with Gasteiger partial charge in [-0.1, -0.05) is 18.2 Å². The normalized spacial score (nSPS) is 12.2. The maximum absolute atomic E-state index is 12.4. The van der Waals surface area contributed by atoms with Gasteiger partial charge in [-0.3, -0.25) is 4.79 Å². The summed E-state index contributed by atoms with van der Waals surface area (Å²) in [7, 11) is 0. The predicted molar refractivity (Wildman–Crippen MR) is 96.3 cm³/mol. The second-order valence-corrected chi connectivity index (χ2v) is 6.13. The fourth-order valence-electron chi connectivity index (χ4n) is 2.80. The Bertz CT molecular complexity index is 978. The summed E-state index contributed by atoms with van der Waals surface area (Å²) in [6.45, 7) is 3.97. The molecule has 1 aliphatic rings. The maximum atomic E-state index is 12.4. The highest BCUT2D eigenvalue weighted by atomic mass is 16.7. The summed E-state index contributed by atoms with van der Waals surface area (Å²) in [5.74, 6) is 2.32. The first kappa shape index (κ1) is 16.2. The first-order valence-electron chi connectivity index (χ1n) is 8.32. The number of aryl methyl sites for hydroxylation is 2. The molecule has 2 heterocycles. The molecule has 1 amide bonds. The molecule has 0 saturated heterocycles. The van der Waals surface area contributed by atoms with Gasteiger partial charge in [0, 0.05) is 11.3 Å². The standard InChI is InChI=1S/C20H18N2O4/c1-12-5-3-4-6-15(12)21-19(23)10-16-13(2)26-20(22-16)14-7-8-17-18(9-14)25-11-24-17/h3-9H,10-11H2,1-2H3,(H,21,23). The van der Waals surface area contributed by atoms with E-state index in [4.69, 9.17) is 13.9 Å². The van der Waals surface area contributed by atoms with Crippen LogP contribution in [0.15, 0.2) is 46.9 Å². The Labute approximate surface area is 150 Å². The molecule has 4 rings (SSSR count). The molecule has 6 heteroatoms. The number of para-hydroxylation sites is 1. The first-order valence-corrected chi connectivity index (χ1v) is 8.32. The second kappa shape index (κ2) is 6.55. The van der Waals surface area contributed by atoms with Crippen LogP contribution < -0.4 is 14.8 Å². The number of carbonyl (C=O) groups is 1. The summed E-state index contributed by atoms with van der Waals surface area (Å²) < 4.78 is 16.4. The summed E-state index contributed by atoms with van der Waals surface area (Å²) in [5, 5.41) is 2.91. The molecule has 0 radical (unpaired) electrons. The number of oxazole rings is 1. The molecule has 0 aliphatic carbocycles. The topological polar surface area (TPSA) is 73.6 Å². The van der Waals surface area contributed by atoms with Crippen molar-refractivity contribution in [2.24, 2.45) is 0 Å². The Kier molecular flexibility index (Phi) is 4.08. The van der Waals surface area contributed by atoms with Gasteiger partial charge in [0.2, 0.25) is 18.6 Å². The largest absolute Gasteiger partial charge is 0.454 e. The van der Waals surface area contributed by atoms with Crippen molar-refractivity contribution in [3.05, 3.63) is 59.5 Å². The number of hydrogen-bond acceptors (Lipinski definition) is 5. The summed E-state index contributed by atoms with van der Waals surface area (Å²) in [6, 6.07) is 13.2. The third kappa shape index (κ3) is 3.13. The average Bonchev–Trinajstić information content (AvgIpc) is 3.23. The van der Waals surface area contributed by atoms with Crippen molar-refractivity contribution < 1.29 is 18.7 Å². The minimum absolute atomic E-state index is 0.132. The number of nitrogens with one attached hydrogen (secondary N) is 1. The van der Waals surface area contributed by atoms with Gasteiger partial charge in [0.05, 0.1) is 12.1 Å². The van der Waals surface area contributed by atoms with Crippen molar-refractivity contribution in [1.29, 1.82) is 0 Å². The molecule has 1 aliphatic heterocycles. The van der Waals surface area contributed by atoms with E-state index >= 15 is 0 Å². The lowest BCUT2D eigenvalue weighted by molar-refractivity contribution is -0.115. The number of hydrogen-bond donors (Lipinski definition) is 1. The lowest BCUT2D eigenvalue weighted by Crippen LogP contribution is -2.15. The molecule has 1 aromatic heterocycles. The van der Waals surface area contributed by atoms with E-state index in [1.807, 2.05) is 49.4 Å². The van der Waals surface area contributed by atoms with E-state index in [0.29, 0.717) is 28.8 Å². The molecule has 6 nitrogen and oxygen atoms in total. The number of fused-ring (bicyclic) bond motifs is 1. The van der Waals surface area contributed by atoms with E-state index < -0.39 is 0 Å². The smallest absolute Gasteiger partial charge is 0.231 e. The van der Waals surface area contributed by atoms with Crippen LogP contribution in [0.4, 0.5) is 5.69 Å². The van der Waals surface area contributed by atoms with Gasteiger partial charge in [-0.2, -0.15) is 0 Å². The number of carbonyl (C=O) groups excluding carboxylic acids is 1. The van der Waals surface area contributed by atoms with E-state index in [-0.39, 0.29) is 19.1 Å². The van der Waals surface area contributed by atoms with Crippen LogP contribution in [-0.2, 0) is 11.2 Å². The summed E-state index contributed by atoms with van der Waals surface area (Å²) >= 11 is 0. The van der Waals surface area contributed by atoms with E-state index in [1.54, 1.807) is 6.92 Å². The molecule has 2 aromatic carbocycles. The Balaban J connectivity index is 1.52. The summed E-state index contributed by atoms with van der Waals surface area (Å²) in [4.78, 5) is 16.8. The fraction of sp³-hybridized carbons (Fsp3) is 0.200. The van der Waals surface area contributed by atoms with Crippen LogP contribution in [-0.4, -0.2) is 17.7 Å². The van der Waals surface area contributed by atoms with E-state index in [2.05, 4.69) is 10.3 Å². The fourth-order valence-corrected chi connectivity index (χ4v) is 2.80. The molecule has 0 fully saturated rings. The number of amides is 1. The quantitative estimate of drug-likeness (QED) is 0.773. The first-order chi connectivity index (χ1) is 12.6. The van der Waals surface area contributed by atoms with Crippen LogP contribution in [0.1, 0.15) is 17.0 Å². The third-order valence-corrected chi connectivity index (χ3v) is 4.26. The summed E-state index contributed by atoms with van der Waals surface area (Å²) in [6.07, 6.45) is 0.147. The van der Waals surface area contributed by atoms with Crippen molar-refractivity contribution in [2.75, 3.05) is 12.1 Å². The van der Waals surface area contributed by atoms with Crippen LogP contribution >= 0.6 is 0 Å². The van der Waals surface area contributed by atoms with Crippen LogP contribution in [0.2, 0.25) is 0 Å². The number of benzene rings is 2. The Morgan fingerprint density at radius 3 is 2.77 bits per heavy atom. The molecule has 1 N–H and O–H groups in total. The molecular weight excluding hydrogens is 332 g/mol. The second-order valence-electron chi connectivity index (χ2n) is 6.13. The van der Waals surface area contributed by atoms with Crippen molar-refractivity contribution >= 4 is 11.6 Å². The monoisotopic (exact) mass is 350 g/mol. The number of anilines is 1. The Morgan fingerprint density at radius 1 is 1.12 bits per heavy atom. The molecule has 3 aromatic rings. The molecule has 26 heavy (non-hydrogen) atoms. The minimum atomic E-state index is -0.132. The average molecular weight is 350 g/mol. The van der Waals surface area contributed by atoms with Gasteiger partial charge in [-0.25, -0.2) is 4.98 Å². The molecule has 0 spiro atoms. The molecule has 0 bridgehead atoms. The van der Waals surface area contributed by atoms with Gasteiger partial charge < -0.3 is 19.2 Å². The molecule has 0 saturated carbocycles. The lowest BCUT2D eigenvalue weighted by atomic mass is 10.2. The van der Waals surface area contributed by atoms with Gasteiger partial charge in [-0.15, -0.1) is 0 Å². The predicted octanol–water partition coefficient (Wildman–Crippen LogP) is 3.87. The highest BCUT2D eigenvalue weighted by Crippen LogP contribution is 2.36. The number of nitrogens with zero attached hydrogens (tertiary/aromatic N) is 1. The van der Waals surface area contributed by atoms with Crippen LogP contribution in [0.25, 0.3) is 11.5 Å². The number of rotatable bonds is 4. The van der Waals surface area contributed by atoms with Crippen molar-refractivity contribution in [2.45, 2.75) is 20.3 Å². The molecule has 0 atom stereocenters. The lowest BCUT2D eigenvalue weighted by Gasteiger charge is -2.07. The van der Waals surface area contributed by atoms with Gasteiger partial charge in [0.1, 0.15) is 5.76 Å². The molecule has 132 valence electrons. The van der Waals surface area contributed by atoms with Gasteiger partial charge >= 0.3 is 0 Å². The Morgan fingerprint density at radius 2 is 1.92 bits per heavy atom. The van der Waals surface area contributed by atoms with E-state index in [1.165, 1.54) is 0 Å². The number of aromatic nitrogens is 1. The Hall–Kier alpha value is -3.28. The zero-order chi connectivity index (χ0) is 18.1. The molecule has 0 unspecified atom stereocenters. The van der Waals surface area contributed by atoms with Crippen LogP contribution in [0.3, 0.4) is 0 Å². The highest BCUT2D eigenvalue weighted by Gasteiger charge is 2.18. The molecular formula is C20H18N2O4. The van der Waals surface area contributed by atoms with Crippen molar-refractivity contribution in [3.63, 3.8) is 0 Å². The zero-order valence-corrected chi connectivity index (χ0v) is 14.5. The van der Waals surface area contributed by atoms with E-state index in [9.17, 15) is 4.79 Å². The van der Waals surface area contributed by atoms with Crippen molar-refractivity contribution in [1.82, 2.24) is 4.98 Å². The van der Waals surface area contributed by atoms with Gasteiger partial charge in [0.15, 0.2) is 11.5 Å². The summed E-state index contributed by atoms with van der Waals surface area (Å²) in [5.41, 5.74) is 3.21. The van der Waals surface area contributed by atoms with Crippen molar-refractivity contribution in [3.8, 4) is 23.0 Å². The minimum Gasteiger partial charge on any atom is -0.454 e. The highest BCUT2D eigenvalue weighted by molar-refractivity contribution is 5.92.